The van der Waals surface area contributed by atoms with Gasteiger partial charge in [0, 0.05) is 32.2 Å². The van der Waals surface area contributed by atoms with E-state index in [0.717, 1.165) is 45.6 Å². The Morgan fingerprint density at radius 1 is 1.26 bits per heavy atom. The third-order valence-corrected chi connectivity index (χ3v) is 4.28. The van der Waals surface area contributed by atoms with Crippen LogP contribution in [0, 0.1) is 0 Å². The quantitative estimate of drug-likeness (QED) is 0.830. The fourth-order valence-electron chi connectivity index (χ4n) is 3.08. The summed E-state index contributed by atoms with van der Waals surface area (Å²) >= 11 is 0. The summed E-state index contributed by atoms with van der Waals surface area (Å²) in [6.45, 7) is 7.04. The molecule has 2 fully saturated rings. The Labute approximate surface area is 117 Å². The van der Waals surface area contributed by atoms with E-state index < -0.39 is 0 Å². The van der Waals surface area contributed by atoms with Crippen LogP contribution in [0.1, 0.15) is 51.9 Å². The molecule has 2 rings (SSSR count). The maximum Gasteiger partial charge on any atom is 0.320 e. The Morgan fingerprint density at radius 2 is 2.05 bits per heavy atom. The Balaban J connectivity index is 1.88. The van der Waals surface area contributed by atoms with Crippen molar-refractivity contribution in [1.82, 2.24) is 15.1 Å². The molecule has 0 bridgehead atoms. The Kier molecular flexibility index (Phi) is 5.95. The summed E-state index contributed by atoms with van der Waals surface area (Å²) in [6, 6.07) is 0.799. The predicted octanol–water partition coefficient (Wildman–Crippen LogP) is 2.45. The number of carbonyl (C=O) groups is 1. The molecular weight excluding hydrogens is 238 g/mol. The lowest BCUT2D eigenvalue weighted by atomic mass is 10.1. The molecule has 2 amide bonds. The first-order valence-electron chi connectivity index (χ1n) is 8.08. The summed E-state index contributed by atoms with van der Waals surface area (Å²) in [5.41, 5.74) is 0. The highest BCUT2D eigenvalue weighted by atomic mass is 16.2. The van der Waals surface area contributed by atoms with Crippen molar-refractivity contribution in [2.45, 2.75) is 57.9 Å². The van der Waals surface area contributed by atoms with Gasteiger partial charge >= 0.3 is 6.03 Å². The highest BCUT2D eigenvalue weighted by Crippen LogP contribution is 2.14. The summed E-state index contributed by atoms with van der Waals surface area (Å²) in [6.07, 6.45) is 8.38. The van der Waals surface area contributed by atoms with Crippen LogP contribution >= 0.6 is 0 Å². The molecule has 1 N–H and O–H groups in total. The van der Waals surface area contributed by atoms with Gasteiger partial charge in [-0.1, -0.05) is 13.3 Å². The lowest BCUT2D eigenvalue weighted by molar-refractivity contribution is 0.139. The molecule has 0 radical (unpaired) electrons. The average Bonchev–Trinajstić information content (AvgIpc) is 2.96. The second-order valence-electron chi connectivity index (χ2n) is 5.92. The molecule has 2 aliphatic heterocycles. The van der Waals surface area contributed by atoms with Gasteiger partial charge in [0.2, 0.25) is 0 Å². The molecule has 0 saturated carbocycles. The molecule has 0 aromatic heterocycles. The first-order valence-corrected chi connectivity index (χ1v) is 8.08. The van der Waals surface area contributed by atoms with Crippen molar-refractivity contribution in [2.75, 3.05) is 32.7 Å². The molecule has 0 aliphatic carbocycles. The summed E-state index contributed by atoms with van der Waals surface area (Å²) in [5, 5.41) is 3.51. The maximum atomic E-state index is 12.6. The number of amides is 2. The average molecular weight is 267 g/mol. The molecule has 0 spiro atoms. The number of unbranched alkanes of at least 4 members (excludes halogenated alkanes) is 1. The number of nitrogens with one attached hydrogen (secondary N) is 1. The van der Waals surface area contributed by atoms with Crippen LogP contribution in [0.3, 0.4) is 0 Å². The fraction of sp³-hybridized carbons (Fsp3) is 0.933. The van der Waals surface area contributed by atoms with Crippen LogP contribution in [0.2, 0.25) is 0 Å². The lowest BCUT2D eigenvalue weighted by Gasteiger charge is -2.34. The molecule has 2 saturated heterocycles. The van der Waals surface area contributed by atoms with E-state index >= 15 is 0 Å². The minimum Gasteiger partial charge on any atom is -0.325 e. The van der Waals surface area contributed by atoms with E-state index in [1.807, 2.05) is 0 Å². The molecule has 1 atom stereocenters. The first-order chi connectivity index (χ1) is 9.31. The number of nitrogens with zero attached hydrogens (tertiary/aromatic N) is 2. The standard InChI is InChI=1S/C15H29N3O/c1-2-3-10-18(13-14-8-7-9-16-14)15(19)17-11-5-4-6-12-17/h14,16H,2-13H2,1H3. The van der Waals surface area contributed by atoms with Crippen molar-refractivity contribution in [3.8, 4) is 0 Å². The summed E-state index contributed by atoms with van der Waals surface area (Å²) in [5.74, 6) is 0. The third-order valence-electron chi connectivity index (χ3n) is 4.28. The van der Waals surface area contributed by atoms with E-state index in [2.05, 4.69) is 22.0 Å². The van der Waals surface area contributed by atoms with Gasteiger partial charge in [0.25, 0.3) is 0 Å². The van der Waals surface area contributed by atoms with Crippen LogP contribution in [0.4, 0.5) is 4.79 Å². The van der Waals surface area contributed by atoms with E-state index in [4.69, 9.17) is 0 Å². The van der Waals surface area contributed by atoms with Crippen LogP contribution in [0.25, 0.3) is 0 Å². The first kappa shape index (κ1) is 14.6. The summed E-state index contributed by atoms with van der Waals surface area (Å²) in [7, 11) is 0. The van der Waals surface area contributed by atoms with Gasteiger partial charge in [-0.15, -0.1) is 0 Å². The Bertz CT molecular complexity index is 271. The Hall–Kier alpha value is -0.770. The van der Waals surface area contributed by atoms with Crippen molar-refractivity contribution in [3.05, 3.63) is 0 Å². The molecule has 0 aromatic carbocycles. The molecular formula is C15H29N3O. The Morgan fingerprint density at radius 3 is 2.68 bits per heavy atom. The number of rotatable bonds is 5. The van der Waals surface area contributed by atoms with Gasteiger partial charge in [0.1, 0.15) is 0 Å². The van der Waals surface area contributed by atoms with E-state index in [-0.39, 0.29) is 6.03 Å². The zero-order valence-electron chi connectivity index (χ0n) is 12.4. The maximum absolute atomic E-state index is 12.6. The summed E-state index contributed by atoms with van der Waals surface area (Å²) in [4.78, 5) is 16.8. The number of carbonyl (C=O) groups excluding carboxylic acids is 1. The van der Waals surface area contributed by atoms with Gasteiger partial charge in [-0.25, -0.2) is 4.79 Å². The normalized spacial score (nSPS) is 23.6. The number of piperidine rings is 1. The van der Waals surface area contributed by atoms with E-state index in [0.29, 0.717) is 6.04 Å². The zero-order chi connectivity index (χ0) is 13.5. The second-order valence-corrected chi connectivity index (χ2v) is 5.92. The fourth-order valence-corrected chi connectivity index (χ4v) is 3.08. The molecule has 4 heteroatoms. The smallest absolute Gasteiger partial charge is 0.320 e. The van der Waals surface area contributed by atoms with Crippen molar-refractivity contribution >= 4 is 6.03 Å². The molecule has 4 nitrogen and oxygen atoms in total. The van der Waals surface area contributed by atoms with Crippen molar-refractivity contribution in [3.63, 3.8) is 0 Å². The van der Waals surface area contributed by atoms with Crippen LogP contribution < -0.4 is 5.32 Å². The van der Waals surface area contributed by atoms with Crippen LogP contribution in [0.15, 0.2) is 0 Å². The minimum atomic E-state index is 0.279. The largest absolute Gasteiger partial charge is 0.325 e. The lowest BCUT2D eigenvalue weighted by Crippen LogP contribution is -2.49. The molecule has 0 aromatic rings. The van der Waals surface area contributed by atoms with Gasteiger partial charge in [0.05, 0.1) is 0 Å². The number of hydrogen-bond acceptors (Lipinski definition) is 2. The topological polar surface area (TPSA) is 35.6 Å². The molecule has 19 heavy (non-hydrogen) atoms. The number of likely N-dealkylation sites (tertiary alicyclic amines) is 1. The monoisotopic (exact) mass is 267 g/mol. The highest BCUT2D eigenvalue weighted by Gasteiger charge is 2.25. The van der Waals surface area contributed by atoms with Crippen LogP contribution in [-0.2, 0) is 0 Å². The van der Waals surface area contributed by atoms with Crippen molar-refractivity contribution < 1.29 is 4.79 Å². The van der Waals surface area contributed by atoms with Gasteiger partial charge < -0.3 is 15.1 Å². The molecule has 1 unspecified atom stereocenters. The van der Waals surface area contributed by atoms with Crippen LogP contribution in [-0.4, -0.2) is 54.6 Å². The van der Waals surface area contributed by atoms with E-state index in [9.17, 15) is 4.79 Å². The van der Waals surface area contributed by atoms with Crippen molar-refractivity contribution in [1.29, 1.82) is 0 Å². The summed E-state index contributed by atoms with van der Waals surface area (Å²) < 4.78 is 0. The minimum absolute atomic E-state index is 0.279. The van der Waals surface area contributed by atoms with Gasteiger partial charge in [-0.2, -0.15) is 0 Å². The number of urea groups is 1. The molecule has 110 valence electrons. The van der Waals surface area contributed by atoms with E-state index in [1.165, 1.54) is 32.1 Å². The molecule has 2 aliphatic rings. The second kappa shape index (κ2) is 7.73. The van der Waals surface area contributed by atoms with Crippen molar-refractivity contribution in [2.24, 2.45) is 0 Å². The highest BCUT2D eigenvalue weighted by molar-refractivity contribution is 5.74. The van der Waals surface area contributed by atoms with Gasteiger partial charge in [-0.3, -0.25) is 0 Å². The SMILES string of the molecule is CCCCN(CC1CCCN1)C(=O)N1CCCCC1. The zero-order valence-corrected chi connectivity index (χ0v) is 12.4. The third kappa shape index (κ3) is 4.37. The molecule has 2 heterocycles. The number of hydrogen-bond donors (Lipinski definition) is 1. The van der Waals surface area contributed by atoms with Gasteiger partial charge in [-0.05, 0) is 45.1 Å². The van der Waals surface area contributed by atoms with Crippen LogP contribution in [0.5, 0.6) is 0 Å². The van der Waals surface area contributed by atoms with Gasteiger partial charge in [0.15, 0.2) is 0 Å². The predicted molar refractivity (Wildman–Crippen MR) is 78.3 cm³/mol. The van der Waals surface area contributed by atoms with E-state index in [1.54, 1.807) is 0 Å².